The summed E-state index contributed by atoms with van der Waals surface area (Å²) in [5.41, 5.74) is 0. The molecule has 0 aromatic heterocycles. The Labute approximate surface area is 128 Å². The number of nitrogens with zero attached hydrogens (tertiary/aromatic N) is 1. The quantitative estimate of drug-likeness (QED) is 0.521. The number of likely N-dealkylation sites (tertiary alicyclic amines) is 1. The molecular formula is C19H39N. The molecule has 0 N–H and O–H groups in total. The molecule has 1 aliphatic rings. The van der Waals surface area contributed by atoms with E-state index in [0.29, 0.717) is 0 Å². The van der Waals surface area contributed by atoms with Crippen LogP contribution in [-0.2, 0) is 0 Å². The first-order valence-corrected chi connectivity index (χ1v) is 9.26. The fourth-order valence-electron chi connectivity index (χ4n) is 3.64. The van der Waals surface area contributed by atoms with Gasteiger partial charge in [0.1, 0.15) is 0 Å². The molecule has 0 aromatic rings. The summed E-state index contributed by atoms with van der Waals surface area (Å²) < 4.78 is 0. The van der Waals surface area contributed by atoms with E-state index in [-0.39, 0.29) is 0 Å². The van der Waals surface area contributed by atoms with E-state index in [9.17, 15) is 0 Å². The average molecular weight is 282 g/mol. The molecule has 0 spiro atoms. The lowest BCUT2D eigenvalue weighted by atomic mass is 9.84. The third-order valence-electron chi connectivity index (χ3n) is 5.21. The molecule has 0 amide bonds. The second kappa shape index (κ2) is 9.82. The number of hydrogen-bond acceptors (Lipinski definition) is 1. The van der Waals surface area contributed by atoms with Crippen LogP contribution in [0.4, 0.5) is 0 Å². The van der Waals surface area contributed by atoms with Crippen molar-refractivity contribution in [3.8, 4) is 0 Å². The largest absolute Gasteiger partial charge is 0.301 e. The minimum atomic E-state index is 0.745. The monoisotopic (exact) mass is 281 g/mol. The van der Waals surface area contributed by atoms with Gasteiger partial charge in [-0.1, -0.05) is 59.3 Å². The Hall–Kier alpha value is -0.0400. The van der Waals surface area contributed by atoms with Crippen LogP contribution in [0.2, 0.25) is 0 Å². The van der Waals surface area contributed by atoms with Crippen molar-refractivity contribution in [3.63, 3.8) is 0 Å². The van der Waals surface area contributed by atoms with E-state index < -0.39 is 0 Å². The summed E-state index contributed by atoms with van der Waals surface area (Å²) in [7, 11) is 0. The van der Waals surface area contributed by atoms with Crippen LogP contribution in [-0.4, -0.2) is 24.0 Å². The Morgan fingerprint density at radius 2 is 1.55 bits per heavy atom. The smallest absolute Gasteiger partial charge is 0.00385 e. The van der Waals surface area contributed by atoms with Crippen molar-refractivity contribution in [2.24, 2.45) is 17.8 Å². The van der Waals surface area contributed by atoms with E-state index in [4.69, 9.17) is 0 Å². The SMILES string of the molecule is CCCC(CCC(C)C)CCC1CCN(C(C)C)CC1. The van der Waals surface area contributed by atoms with Crippen LogP contribution in [0.5, 0.6) is 0 Å². The molecule has 0 bridgehead atoms. The van der Waals surface area contributed by atoms with E-state index in [0.717, 1.165) is 23.8 Å². The third-order valence-corrected chi connectivity index (χ3v) is 5.21. The number of hydrogen-bond donors (Lipinski definition) is 0. The summed E-state index contributed by atoms with van der Waals surface area (Å²) in [5.74, 6) is 2.90. The summed E-state index contributed by atoms with van der Waals surface area (Å²) in [6.45, 7) is 14.4. The van der Waals surface area contributed by atoms with Gasteiger partial charge in [-0.2, -0.15) is 0 Å². The van der Waals surface area contributed by atoms with Gasteiger partial charge in [0, 0.05) is 6.04 Å². The summed E-state index contributed by atoms with van der Waals surface area (Å²) >= 11 is 0. The van der Waals surface area contributed by atoms with Crippen molar-refractivity contribution in [3.05, 3.63) is 0 Å². The predicted octanol–water partition coefficient (Wildman–Crippen LogP) is 5.74. The molecule has 1 saturated heterocycles. The normalized spacial score (nSPS) is 19.9. The molecule has 1 heterocycles. The van der Waals surface area contributed by atoms with Crippen LogP contribution in [0.1, 0.15) is 86.0 Å². The minimum absolute atomic E-state index is 0.745. The highest BCUT2D eigenvalue weighted by Gasteiger charge is 2.21. The Bertz CT molecular complexity index is 226. The van der Waals surface area contributed by atoms with Gasteiger partial charge in [-0.15, -0.1) is 0 Å². The Kier molecular flexibility index (Phi) is 8.84. The Morgan fingerprint density at radius 1 is 0.900 bits per heavy atom. The lowest BCUT2D eigenvalue weighted by Crippen LogP contribution is -2.38. The maximum absolute atomic E-state index is 2.65. The van der Waals surface area contributed by atoms with Crippen LogP contribution >= 0.6 is 0 Å². The van der Waals surface area contributed by atoms with E-state index in [1.807, 2.05) is 0 Å². The van der Waals surface area contributed by atoms with Gasteiger partial charge in [-0.25, -0.2) is 0 Å². The average Bonchev–Trinajstić information content (AvgIpc) is 2.42. The molecule has 0 aromatic carbocycles. The molecule has 0 radical (unpaired) electrons. The van der Waals surface area contributed by atoms with Crippen LogP contribution in [0.15, 0.2) is 0 Å². The van der Waals surface area contributed by atoms with Crippen molar-refractivity contribution < 1.29 is 0 Å². The third kappa shape index (κ3) is 7.11. The first-order valence-electron chi connectivity index (χ1n) is 9.26. The van der Waals surface area contributed by atoms with Crippen molar-refractivity contribution in [2.75, 3.05) is 13.1 Å². The molecule has 1 atom stereocenters. The molecule has 20 heavy (non-hydrogen) atoms. The van der Waals surface area contributed by atoms with Crippen molar-refractivity contribution in [1.82, 2.24) is 4.90 Å². The summed E-state index contributed by atoms with van der Waals surface area (Å²) in [6.07, 6.45) is 11.6. The van der Waals surface area contributed by atoms with E-state index >= 15 is 0 Å². The predicted molar refractivity (Wildman–Crippen MR) is 91.1 cm³/mol. The van der Waals surface area contributed by atoms with Crippen molar-refractivity contribution in [2.45, 2.75) is 92.0 Å². The lowest BCUT2D eigenvalue weighted by molar-refractivity contribution is 0.141. The van der Waals surface area contributed by atoms with Crippen LogP contribution in [0.3, 0.4) is 0 Å². The highest BCUT2D eigenvalue weighted by atomic mass is 15.1. The van der Waals surface area contributed by atoms with Gasteiger partial charge in [0.2, 0.25) is 0 Å². The first kappa shape index (κ1) is 18.0. The topological polar surface area (TPSA) is 3.24 Å². The summed E-state index contributed by atoms with van der Waals surface area (Å²) in [4.78, 5) is 2.65. The molecule has 1 heteroatoms. The van der Waals surface area contributed by atoms with Gasteiger partial charge >= 0.3 is 0 Å². The second-order valence-corrected chi connectivity index (χ2v) is 7.78. The van der Waals surface area contributed by atoms with Gasteiger partial charge in [-0.3, -0.25) is 0 Å². The van der Waals surface area contributed by atoms with Gasteiger partial charge in [0.15, 0.2) is 0 Å². The number of piperidine rings is 1. The van der Waals surface area contributed by atoms with Gasteiger partial charge in [0.05, 0.1) is 0 Å². The maximum atomic E-state index is 2.65. The van der Waals surface area contributed by atoms with Crippen LogP contribution < -0.4 is 0 Å². The maximum Gasteiger partial charge on any atom is 0.00385 e. The highest BCUT2D eigenvalue weighted by Crippen LogP contribution is 2.28. The lowest BCUT2D eigenvalue weighted by Gasteiger charge is -2.35. The molecule has 1 unspecified atom stereocenters. The molecular weight excluding hydrogens is 242 g/mol. The van der Waals surface area contributed by atoms with Crippen LogP contribution in [0, 0.1) is 17.8 Å². The van der Waals surface area contributed by atoms with Crippen LogP contribution in [0.25, 0.3) is 0 Å². The van der Waals surface area contributed by atoms with E-state index in [1.165, 1.54) is 64.5 Å². The standard InChI is InChI=1S/C19H39N/c1-6-7-18(9-8-16(2)3)10-11-19-12-14-20(15-13-19)17(4)5/h16-19H,6-15H2,1-5H3. The van der Waals surface area contributed by atoms with Gasteiger partial charge in [0.25, 0.3) is 0 Å². The zero-order valence-corrected chi connectivity index (χ0v) is 14.8. The van der Waals surface area contributed by atoms with E-state index in [1.54, 1.807) is 0 Å². The van der Waals surface area contributed by atoms with E-state index in [2.05, 4.69) is 39.5 Å². The molecule has 1 aliphatic heterocycles. The highest BCUT2D eigenvalue weighted by molar-refractivity contribution is 4.75. The fraction of sp³-hybridized carbons (Fsp3) is 1.00. The number of rotatable bonds is 9. The molecule has 0 saturated carbocycles. The van der Waals surface area contributed by atoms with Crippen molar-refractivity contribution in [1.29, 1.82) is 0 Å². The summed E-state index contributed by atoms with van der Waals surface area (Å²) in [6, 6.07) is 0.745. The Balaban J connectivity index is 2.22. The zero-order valence-electron chi connectivity index (χ0n) is 14.8. The molecule has 120 valence electrons. The molecule has 1 fully saturated rings. The molecule has 0 aliphatic carbocycles. The first-order chi connectivity index (χ1) is 9.52. The Morgan fingerprint density at radius 3 is 2.05 bits per heavy atom. The molecule has 1 rings (SSSR count). The molecule has 1 nitrogen and oxygen atoms in total. The minimum Gasteiger partial charge on any atom is -0.301 e. The zero-order chi connectivity index (χ0) is 15.0. The van der Waals surface area contributed by atoms with Crippen molar-refractivity contribution >= 4 is 0 Å². The van der Waals surface area contributed by atoms with Gasteiger partial charge < -0.3 is 4.90 Å². The van der Waals surface area contributed by atoms with Gasteiger partial charge in [-0.05, 0) is 57.5 Å². The fourth-order valence-corrected chi connectivity index (χ4v) is 3.64. The second-order valence-electron chi connectivity index (χ2n) is 7.78. The summed E-state index contributed by atoms with van der Waals surface area (Å²) in [5, 5.41) is 0.